The van der Waals surface area contributed by atoms with Crippen molar-refractivity contribution in [2.45, 2.75) is 58.0 Å². The second-order valence-electron chi connectivity index (χ2n) is 8.20. The molecule has 6 heteroatoms. The van der Waals surface area contributed by atoms with Crippen LogP contribution in [0, 0.1) is 6.92 Å². The molecule has 2 unspecified atom stereocenters. The van der Waals surface area contributed by atoms with Crippen LogP contribution in [0.5, 0.6) is 0 Å². The topological polar surface area (TPSA) is 54.0 Å². The maximum absolute atomic E-state index is 12.1. The van der Waals surface area contributed by atoms with Crippen LogP contribution < -0.4 is 5.32 Å². The van der Waals surface area contributed by atoms with E-state index in [0.29, 0.717) is 11.9 Å². The Morgan fingerprint density at radius 2 is 1.97 bits per heavy atom. The third-order valence-electron chi connectivity index (χ3n) is 5.96. The van der Waals surface area contributed by atoms with E-state index in [2.05, 4.69) is 33.2 Å². The first kappa shape index (κ1) is 20.8. The maximum atomic E-state index is 12.1. The normalized spacial score (nSPS) is 21.2. The summed E-state index contributed by atoms with van der Waals surface area (Å²) in [6.07, 6.45) is 10.4. The molecule has 2 fully saturated rings. The molecule has 0 radical (unpaired) electrons. The number of hydrogen-bond acceptors (Lipinski definition) is 5. The smallest absolute Gasteiger partial charge is 0.191 e. The number of hydrogen-bond donors (Lipinski definition) is 1. The number of aryl methyl sites for hydroxylation is 1. The van der Waals surface area contributed by atoms with Gasteiger partial charge in [-0.05, 0) is 37.3 Å². The van der Waals surface area contributed by atoms with E-state index in [1.807, 2.05) is 31.3 Å². The van der Waals surface area contributed by atoms with Crippen molar-refractivity contribution >= 4 is 16.6 Å². The predicted octanol–water partition coefficient (Wildman–Crippen LogP) is 5.85. The summed E-state index contributed by atoms with van der Waals surface area (Å²) in [5, 5.41) is 5.47. The Morgan fingerprint density at radius 1 is 1.13 bits per heavy atom. The van der Waals surface area contributed by atoms with Crippen LogP contribution in [0.25, 0.3) is 22.1 Å². The molecule has 0 spiro atoms. The van der Waals surface area contributed by atoms with Crippen molar-refractivity contribution in [1.82, 2.24) is 14.9 Å². The van der Waals surface area contributed by atoms with E-state index in [1.165, 1.54) is 32.1 Å². The Kier molecular flexibility index (Phi) is 6.62. The molecule has 3 aromatic rings. The van der Waals surface area contributed by atoms with E-state index in [4.69, 9.17) is 4.42 Å². The third-order valence-corrected chi connectivity index (χ3v) is 5.96. The number of rotatable bonds is 5. The molecule has 1 aliphatic carbocycles. The van der Waals surface area contributed by atoms with Crippen LogP contribution in [-0.4, -0.2) is 46.7 Å². The van der Waals surface area contributed by atoms with Crippen molar-refractivity contribution in [1.29, 1.82) is 0 Å². The summed E-state index contributed by atoms with van der Waals surface area (Å²) < 4.78 is 17.7. The molecule has 3 heterocycles. The predicted molar refractivity (Wildman–Crippen MR) is 122 cm³/mol. The quantitative estimate of drug-likeness (QED) is 0.533. The highest BCUT2D eigenvalue weighted by molar-refractivity contribution is 5.87. The number of fused-ring (bicyclic) bond motifs is 1. The fraction of sp³-hybridized carbons (Fsp3) is 0.500. The summed E-state index contributed by atoms with van der Waals surface area (Å²) in [6.45, 7) is 5.66. The van der Waals surface area contributed by atoms with Gasteiger partial charge < -0.3 is 9.73 Å². The highest BCUT2D eigenvalue weighted by atomic mass is 19.1. The molecule has 2 aromatic heterocycles. The van der Waals surface area contributed by atoms with Crippen molar-refractivity contribution in [3.63, 3.8) is 0 Å². The lowest BCUT2D eigenvalue weighted by Crippen LogP contribution is -2.23. The van der Waals surface area contributed by atoms with Gasteiger partial charge in [-0.3, -0.25) is 4.90 Å². The van der Waals surface area contributed by atoms with Crippen molar-refractivity contribution in [3.05, 3.63) is 42.5 Å². The van der Waals surface area contributed by atoms with Crippen molar-refractivity contribution < 1.29 is 10.2 Å². The first-order chi connectivity index (χ1) is 14.7. The molecule has 0 amide bonds. The van der Waals surface area contributed by atoms with Crippen LogP contribution in [0.3, 0.4) is 0 Å². The number of pyridine rings is 1. The first-order valence-electron chi connectivity index (χ1n) is 11.1. The van der Waals surface area contributed by atoms with Gasteiger partial charge in [-0.1, -0.05) is 31.4 Å². The zero-order valence-corrected chi connectivity index (χ0v) is 17.9. The van der Waals surface area contributed by atoms with Gasteiger partial charge >= 0.3 is 0 Å². The third kappa shape index (κ3) is 4.98. The summed E-state index contributed by atoms with van der Waals surface area (Å²) in [4.78, 5) is 10.8. The van der Waals surface area contributed by atoms with Crippen molar-refractivity contribution in [2.24, 2.45) is 0 Å². The number of alkyl halides is 1. The lowest BCUT2D eigenvalue weighted by molar-refractivity contribution is 0.269. The fourth-order valence-electron chi connectivity index (χ4n) is 4.26. The molecule has 1 saturated carbocycles. The molecule has 30 heavy (non-hydrogen) atoms. The SMILES string of the molecule is CCNc1cc2cc(-c3cnc(C)o3)ccc2cn1.FCC1CN1C1CCCCC1.[HH]. The van der Waals surface area contributed by atoms with E-state index >= 15 is 0 Å². The molecule has 162 valence electrons. The minimum Gasteiger partial charge on any atom is -0.441 e. The van der Waals surface area contributed by atoms with Gasteiger partial charge in [0.1, 0.15) is 12.5 Å². The summed E-state index contributed by atoms with van der Waals surface area (Å²) in [7, 11) is 0. The molecule has 5 nitrogen and oxygen atoms in total. The van der Waals surface area contributed by atoms with Gasteiger partial charge in [0, 0.05) is 44.6 Å². The average molecular weight is 413 g/mol. The maximum Gasteiger partial charge on any atom is 0.191 e. The molecule has 2 aliphatic rings. The Labute approximate surface area is 179 Å². The van der Waals surface area contributed by atoms with Crippen molar-refractivity contribution in [2.75, 3.05) is 25.1 Å². The summed E-state index contributed by atoms with van der Waals surface area (Å²) in [5.41, 5.74) is 1.03. The van der Waals surface area contributed by atoms with Crippen LogP contribution in [-0.2, 0) is 0 Å². The number of nitrogens with one attached hydrogen (secondary N) is 1. The Hall–Kier alpha value is -2.47. The number of oxazole rings is 1. The molecule has 5 rings (SSSR count). The van der Waals surface area contributed by atoms with E-state index < -0.39 is 0 Å². The number of anilines is 1. The van der Waals surface area contributed by atoms with E-state index in [9.17, 15) is 4.39 Å². The standard InChI is InChI=1S/C15H15N3O.C9H16FN.H2/c1-3-16-15-7-13-6-11(4-5-12(13)8-18-15)14-9-17-10(2)19-14;10-6-9-7-11(9)8-4-2-1-3-5-8;/h4-9H,3H2,1-2H3,(H,16,18);8-9H,1-7H2;1H. The van der Waals surface area contributed by atoms with Crippen LogP contribution >= 0.6 is 0 Å². The van der Waals surface area contributed by atoms with Crippen LogP contribution in [0.4, 0.5) is 10.2 Å². The van der Waals surface area contributed by atoms with Crippen LogP contribution in [0.1, 0.15) is 46.3 Å². The van der Waals surface area contributed by atoms with Crippen LogP contribution in [0.2, 0.25) is 0 Å². The number of halogens is 1. The number of benzene rings is 1. The molecular weight excluding hydrogens is 379 g/mol. The average Bonchev–Trinajstić information content (AvgIpc) is 3.46. The minimum absolute atomic E-state index is 0. The Morgan fingerprint density at radius 3 is 2.63 bits per heavy atom. The van der Waals surface area contributed by atoms with Crippen LogP contribution in [0.15, 0.2) is 41.1 Å². The van der Waals surface area contributed by atoms with Crippen molar-refractivity contribution in [3.8, 4) is 11.3 Å². The van der Waals surface area contributed by atoms with Gasteiger partial charge in [0.25, 0.3) is 0 Å². The van der Waals surface area contributed by atoms with Gasteiger partial charge in [-0.2, -0.15) is 0 Å². The fourth-order valence-corrected chi connectivity index (χ4v) is 4.26. The molecule has 1 N–H and O–H groups in total. The van der Waals surface area contributed by atoms with E-state index in [-0.39, 0.29) is 8.10 Å². The van der Waals surface area contributed by atoms with Gasteiger partial charge in [0.05, 0.1) is 12.2 Å². The van der Waals surface area contributed by atoms with E-state index in [1.54, 1.807) is 6.20 Å². The molecular formula is C24H33FN4O. The van der Waals surface area contributed by atoms with Gasteiger partial charge in [0.2, 0.25) is 0 Å². The minimum atomic E-state index is -0.128. The molecule has 1 aliphatic heterocycles. The van der Waals surface area contributed by atoms with Gasteiger partial charge in [-0.15, -0.1) is 0 Å². The zero-order valence-electron chi connectivity index (χ0n) is 17.9. The second kappa shape index (κ2) is 9.56. The first-order valence-corrected chi connectivity index (χ1v) is 11.1. The summed E-state index contributed by atoms with van der Waals surface area (Å²) >= 11 is 0. The molecule has 1 aromatic carbocycles. The lowest BCUT2D eigenvalue weighted by atomic mass is 9.95. The molecule has 2 atom stereocenters. The lowest BCUT2D eigenvalue weighted by Gasteiger charge is -2.23. The van der Waals surface area contributed by atoms with Gasteiger partial charge in [0.15, 0.2) is 11.7 Å². The number of aromatic nitrogens is 2. The molecule has 0 bridgehead atoms. The van der Waals surface area contributed by atoms with Gasteiger partial charge in [-0.25, -0.2) is 14.4 Å². The highest BCUT2D eigenvalue weighted by Gasteiger charge is 2.39. The summed E-state index contributed by atoms with van der Waals surface area (Å²) in [5.74, 6) is 2.36. The monoisotopic (exact) mass is 412 g/mol. The Balaban J connectivity index is 0.000000194. The highest BCUT2D eigenvalue weighted by Crippen LogP contribution is 2.31. The zero-order chi connectivity index (χ0) is 20.9. The largest absolute Gasteiger partial charge is 0.441 e. The van der Waals surface area contributed by atoms with E-state index in [0.717, 1.165) is 47.0 Å². The summed E-state index contributed by atoms with van der Waals surface area (Å²) in [6, 6.07) is 9.26. The molecule has 1 saturated heterocycles. The Bertz CT molecular complexity index is 973. The number of nitrogens with zero attached hydrogens (tertiary/aromatic N) is 3. The second-order valence-corrected chi connectivity index (χ2v) is 8.20.